The molecule has 1 aromatic heterocycles. The number of benzene rings is 3. The number of carbonyl (C=O) groups excluding carboxylic acids is 1. The third-order valence-corrected chi connectivity index (χ3v) is 8.69. The Balaban J connectivity index is 1.61. The average Bonchev–Trinajstić information content (AvgIpc) is 3.24. The van der Waals surface area contributed by atoms with E-state index in [1.165, 1.54) is 33.7 Å². The van der Waals surface area contributed by atoms with Gasteiger partial charge in [-0.25, -0.2) is 9.79 Å². The van der Waals surface area contributed by atoms with Crippen LogP contribution < -0.4 is 14.9 Å². The summed E-state index contributed by atoms with van der Waals surface area (Å²) in [6.07, 6.45) is 1.63. The first-order chi connectivity index (χ1) is 19.7. The molecule has 1 aliphatic heterocycles. The van der Waals surface area contributed by atoms with Gasteiger partial charge < -0.3 is 4.74 Å². The van der Waals surface area contributed by atoms with Gasteiger partial charge >= 0.3 is 5.97 Å². The Morgan fingerprint density at radius 3 is 2.37 bits per heavy atom. The predicted molar refractivity (Wildman–Crippen MR) is 160 cm³/mol. The molecule has 0 radical (unpaired) electrons. The van der Waals surface area contributed by atoms with E-state index in [0.717, 1.165) is 21.6 Å². The Kier molecular flexibility index (Phi) is 8.05. The highest BCUT2D eigenvalue weighted by Crippen LogP contribution is 2.36. The summed E-state index contributed by atoms with van der Waals surface area (Å²) in [5.41, 5.74) is 3.83. The Hall–Kier alpha value is -4.28. The largest absolute Gasteiger partial charge is 0.463 e. The van der Waals surface area contributed by atoms with Crippen LogP contribution in [-0.2, 0) is 9.53 Å². The molecule has 0 amide bonds. The Bertz CT molecular complexity index is 1870. The number of aromatic nitrogens is 1. The first-order valence-electron chi connectivity index (χ1n) is 13.0. The second-order valence-electron chi connectivity index (χ2n) is 9.61. The van der Waals surface area contributed by atoms with Gasteiger partial charge in [0.2, 0.25) is 0 Å². The molecule has 0 saturated carbocycles. The van der Waals surface area contributed by atoms with E-state index < -0.39 is 16.9 Å². The van der Waals surface area contributed by atoms with E-state index in [4.69, 9.17) is 4.74 Å². The Morgan fingerprint density at radius 2 is 1.73 bits per heavy atom. The van der Waals surface area contributed by atoms with Crippen molar-refractivity contribution < 1.29 is 14.5 Å². The molecule has 2 heterocycles. The number of nitro groups is 1. The molecule has 0 aliphatic carbocycles. The number of hydrogen-bond acceptors (Lipinski definition) is 8. The molecule has 4 aromatic rings. The highest BCUT2D eigenvalue weighted by Gasteiger charge is 2.33. The molecule has 0 fully saturated rings. The molecule has 1 aliphatic rings. The molecule has 0 spiro atoms. The van der Waals surface area contributed by atoms with Gasteiger partial charge in [0.15, 0.2) is 4.80 Å². The number of aryl methyl sites for hydroxylation is 2. The number of esters is 1. The van der Waals surface area contributed by atoms with Gasteiger partial charge in [-0.2, -0.15) is 0 Å². The number of nitro benzene ring substituents is 1. The molecule has 41 heavy (non-hydrogen) atoms. The number of nitrogens with zero attached hydrogens (tertiary/aromatic N) is 3. The van der Waals surface area contributed by atoms with Crippen molar-refractivity contribution in [3.8, 4) is 0 Å². The first kappa shape index (κ1) is 28.3. The summed E-state index contributed by atoms with van der Waals surface area (Å²) >= 11 is 2.49. The average molecular weight is 586 g/mol. The lowest BCUT2D eigenvalue weighted by molar-refractivity contribution is -0.387. The van der Waals surface area contributed by atoms with Gasteiger partial charge in [-0.3, -0.25) is 19.5 Å². The van der Waals surface area contributed by atoms with Crippen LogP contribution in [-0.4, -0.2) is 22.1 Å². The lowest BCUT2D eigenvalue weighted by Gasteiger charge is -2.24. The fourth-order valence-electron chi connectivity index (χ4n) is 4.59. The Labute approximate surface area is 244 Å². The minimum absolute atomic E-state index is 0.0462. The molecule has 0 bridgehead atoms. The van der Waals surface area contributed by atoms with E-state index in [9.17, 15) is 19.7 Å². The van der Waals surface area contributed by atoms with Gasteiger partial charge in [0, 0.05) is 11.0 Å². The highest BCUT2D eigenvalue weighted by atomic mass is 32.2. The van der Waals surface area contributed by atoms with Crippen molar-refractivity contribution in [2.45, 2.75) is 43.5 Å². The summed E-state index contributed by atoms with van der Waals surface area (Å²) in [7, 11) is 0. The zero-order chi connectivity index (χ0) is 29.3. The zero-order valence-electron chi connectivity index (χ0n) is 22.9. The molecule has 10 heteroatoms. The molecule has 5 rings (SSSR count). The van der Waals surface area contributed by atoms with Gasteiger partial charge in [-0.15, -0.1) is 0 Å². The molecule has 0 N–H and O–H groups in total. The minimum atomic E-state index is -0.712. The molecule has 3 aromatic carbocycles. The summed E-state index contributed by atoms with van der Waals surface area (Å²) in [6.45, 7) is 7.60. The Morgan fingerprint density at radius 1 is 1.07 bits per heavy atom. The second kappa shape index (κ2) is 11.7. The number of rotatable bonds is 7. The van der Waals surface area contributed by atoms with Gasteiger partial charge in [0.1, 0.15) is 0 Å². The summed E-state index contributed by atoms with van der Waals surface area (Å²) in [5.74, 6) is -0.522. The molecule has 8 nitrogen and oxygen atoms in total. The van der Waals surface area contributed by atoms with E-state index in [0.29, 0.717) is 31.1 Å². The lowest BCUT2D eigenvalue weighted by Crippen LogP contribution is -2.39. The number of ether oxygens (including phenoxy) is 1. The summed E-state index contributed by atoms with van der Waals surface area (Å²) in [6, 6.07) is 19.6. The predicted octanol–water partition coefficient (Wildman–Crippen LogP) is 5.47. The SMILES string of the molecule is CCOC(=O)C1=C(C)N=c2s/c(=C/c3ccc(Sc4ccc(C)cc4)c([N+](=O)[O-])c3)c(=O)n2[C@@H]1c1ccc(C)cc1. The standard InChI is InChI=1S/C31H27N3O5S2/c1-5-39-30(36)27-20(4)32-31-33(28(27)22-11-6-18(2)7-12-22)29(35)26(41-31)17-21-10-15-25(24(16-21)34(37)38)40-23-13-8-19(3)9-14-23/h6-17,28H,5H2,1-4H3/b26-17+/t28-/m1/s1. The number of fused-ring (bicyclic) bond motifs is 1. The fourth-order valence-corrected chi connectivity index (χ4v) is 6.54. The topological polar surface area (TPSA) is 104 Å². The van der Waals surface area contributed by atoms with Crippen molar-refractivity contribution in [3.63, 3.8) is 0 Å². The first-order valence-corrected chi connectivity index (χ1v) is 14.6. The van der Waals surface area contributed by atoms with Crippen LogP contribution in [0.2, 0.25) is 0 Å². The smallest absolute Gasteiger partial charge is 0.338 e. The van der Waals surface area contributed by atoms with Crippen molar-refractivity contribution >= 4 is 40.8 Å². The van der Waals surface area contributed by atoms with E-state index in [2.05, 4.69) is 4.99 Å². The van der Waals surface area contributed by atoms with E-state index in [1.807, 2.05) is 62.4 Å². The van der Waals surface area contributed by atoms with Crippen LogP contribution in [0.1, 0.15) is 42.1 Å². The van der Waals surface area contributed by atoms with Crippen LogP contribution >= 0.6 is 23.1 Å². The van der Waals surface area contributed by atoms with Crippen LogP contribution in [0, 0.1) is 24.0 Å². The zero-order valence-corrected chi connectivity index (χ0v) is 24.5. The van der Waals surface area contributed by atoms with Gasteiger partial charge in [0.25, 0.3) is 11.2 Å². The van der Waals surface area contributed by atoms with Crippen LogP contribution in [0.25, 0.3) is 6.08 Å². The third kappa shape index (κ3) is 5.79. The fraction of sp³-hybridized carbons (Fsp3) is 0.194. The number of carbonyl (C=O) groups is 1. The van der Waals surface area contributed by atoms with Crippen molar-refractivity contribution in [3.05, 3.63) is 130 Å². The maximum Gasteiger partial charge on any atom is 0.338 e. The van der Waals surface area contributed by atoms with Gasteiger partial charge in [-0.1, -0.05) is 76.7 Å². The van der Waals surface area contributed by atoms with E-state index in [1.54, 1.807) is 32.1 Å². The van der Waals surface area contributed by atoms with Crippen molar-refractivity contribution in [1.29, 1.82) is 0 Å². The summed E-state index contributed by atoms with van der Waals surface area (Å²) < 4.78 is 7.20. The maximum absolute atomic E-state index is 13.8. The molecular formula is C31H27N3O5S2. The molecular weight excluding hydrogens is 558 g/mol. The number of thiazole rings is 1. The molecule has 0 saturated heterocycles. The summed E-state index contributed by atoms with van der Waals surface area (Å²) in [5, 5.41) is 12.0. The quantitative estimate of drug-likeness (QED) is 0.162. The summed E-state index contributed by atoms with van der Waals surface area (Å²) in [4.78, 5) is 44.8. The maximum atomic E-state index is 13.8. The minimum Gasteiger partial charge on any atom is -0.463 e. The van der Waals surface area contributed by atoms with Crippen LogP contribution in [0.4, 0.5) is 5.69 Å². The number of hydrogen-bond donors (Lipinski definition) is 0. The second-order valence-corrected chi connectivity index (χ2v) is 11.7. The van der Waals surface area contributed by atoms with E-state index in [-0.39, 0.29) is 17.9 Å². The third-order valence-electron chi connectivity index (χ3n) is 6.64. The van der Waals surface area contributed by atoms with Crippen molar-refractivity contribution in [2.24, 2.45) is 4.99 Å². The molecule has 1 atom stereocenters. The molecule has 0 unspecified atom stereocenters. The lowest BCUT2D eigenvalue weighted by atomic mass is 9.95. The van der Waals surface area contributed by atoms with Gasteiger partial charge in [-0.05, 0) is 63.1 Å². The van der Waals surface area contributed by atoms with Crippen LogP contribution in [0.3, 0.4) is 0 Å². The van der Waals surface area contributed by atoms with Gasteiger partial charge in [0.05, 0.1) is 38.3 Å². The normalized spacial score (nSPS) is 14.9. The van der Waals surface area contributed by atoms with Crippen molar-refractivity contribution in [2.75, 3.05) is 6.61 Å². The van der Waals surface area contributed by atoms with Crippen LogP contribution in [0.5, 0.6) is 0 Å². The van der Waals surface area contributed by atoms with Crippen molar-refractivity contribution in [1.82, 2.24) is 4.57 Å². The van der Waals surface area contributed by atoms with Crippen LogP contribution in [0.15, 0.2) is 97.6 Å². The monoisotopic (exact) mass is 585 g/mol. The number of allylic oxidation sites excluding steroid dienone is 1. The van der Waals surface area contributed by atoms with E-state index >= 15 is 0 Å². The molecule has 208 valence electrons. The highest BCUT2D eigenvalue weighted by molar-refractivity contribution is 7.99.